The molecule has 0 bridgehead atoms. The molecule has 3 heteroatoms. The van der Waals surface area contributed by atoms with Crippen molar-refractivity contribution in [2.45, 2.75) is 51.0 Å². The predicted molar refractivity (Wildman–Crippen MR) is 105 cm³/mol. The lowest BCUT2D eigenvalue weighted by molar-refractivity contribution is 0.117. The summed E-state index contributed by atoms with van der Waals surface area (Å²) in [6, 6.07) is 11.1. The fraction of sp³-hybridized carbons (Fsp3) is 0.522. The Morgan fingerprint density at radius 2 is 1.85 bits per heavy atom. The zero-order chi connectivity index (χ0) is 17.9. The Kier molecular flexibility index (Phi) is 5.37. The van der Waals surface area contributed by atoms with E-state index in [1.807, 2.05) is 12.3 Å². The quantitative estimate of drug-likeness (QED) is 0.841. The van der Waals surface area contributed by atoms with Crippen LogP contribution in [0, 0.1) is 12.8 Å². The van der Waals surface area contributed by atoms with Crippen molar-refractivity contribution in [1.82, 2.24) is 9.88 Å². The molecule has 1 aromatic carbocycles. The zero-order valence-corrected chi connectivity index (χ0v) is 15.8. The van der Waals surface area contributed by atoms with Gasteiger partial charge in [0.05, 0.1) is 6.10 Å². The van der Waals surface area contributed by atoms with Crippen LogP contribution in [0.15, 0.2) is 42.7 Å². The second-order valence-corrected chi connectivity index (χ2v) is 8.22. The third kappa shape index (κ3) is 3.99. The van der Waals surface area contributed by atoms with E-state index in [1.54, 1.807) is 6.20 Å². The summed E-state index contributed by atoms with van der Waals surface area (Å²) in [7, 11) is 0. The van der Waals surface area contributed by atoms with Gasteiger partial charge in [0, 0.05) is 18.9 Å². The molecule has 1 aromatic heterocycles. The lowest BCUT2D eigenvalue weighted by atomic mass is 9.88. The molecule has 1 saturated heterocycles. The first-order valence-electron chi connectivity index (χ1n) is 10.1. The maximum absolute atomic E-state index is 10.6. The van der Waals surface area contributed by atoms with Crippen molar-refractivity contribution < 1.29 is 5.11 Å². The first kappa shape index (κ1) is 17.7. The highest BCUT2D eigenvalue weighted by atomic mass is 16.3. The van der Waals surface area contributed by atoms with Crippen LogP contribution < -0.4 is 0 Å². The molecule has 1 aliphatic heterocycles. The number of aliphatic hydroxyl groups is 1. The minimum atomic E-state index is -0.328. The lowest BCUT2D eigenvalue weighted by Crippen LogP contribution is -2.36. The third-order valence-corrected chi connectivity index (χ3v) is 6.33. The Labute approximate surface area is 157 Å². The minimum Gasteiger partial charge on any atom is -0.388 e. The van der Waals surface area contributed by atoms with E-state index >= 15 is 0 Å². The number of piperidine rings is 1. The summed E-state index contributed by atoms with van der Waals surface area (Å²) < 4.78 is 0. The minimum absolute atomic E-state index is 0.328. The Hall–Kier alpha value is -1.71. The molecule has 1 N–H and O–H groups in total. The van der Waals surface area contributed by atoms with Gasteiger partial charge < -0.3 is 10.0 Å². The van der Waals surface area contributed by atoms with E-state index in [0.717, 1.165) is 31.4 Å². The van der Waals surface area contributed by atoms with Gasteiger partial charge >= 0.3 is 0 Å². The first-order chi connectivity index (χ1) is 12.7. The van der Waals surface area contributed by atoms with Crippen molar-refractivity contribution in [1.29, 1.82) is 0 Å². The van der Waals surface area contributed by atoms with Crippen LogP contribution in [0.4, 0.5) is 0 Å². The van der Waals surface area contributed by atoms with Gasteiger partial charge in [-0.25, -0.2) is 0 Å². The van der Waals surface area contributed by atoms with Gasteiger partial charge in [-0.3, -0.25) is 4.98 Å². The summed E-state index contributed by atoms with van der Waals surface area (Å²) >= 11 is 0. The second kappa shape index (κ2) is 7.89. The summed E-state index contributed by atoms with van der Waals surface area (Å²) in [5.74, 6) is 1.29. The number of benzene rings is 1. The molecule has 0 spiro atoms. The van der Waals surface area contributed by atoms with Gasteiger partial charge in [0.1, 0.15) is 0 Å². The van der Waals surface area contributed by atoms with E-state index in [4.69, 9.17) is 0 Å². The summed E-state index contributed by atoms with van der Waals surface area (Å²) in [6.45, 7) is 5.64. The number of pyridine rings is 1. The Morgan fingerprint density at radius 3 is 2.62 bits per heavy atom. The van der Waals surface area contributed by atoms with Crippen molar-refractivity contribution in [3.8, 4) is 0 Å². The molecule has 4 rings (SSSR count). The highest BCUT2D eigenvalue weighted by Crippen LogP contribution is 2.33. The summed E-state index contributed by atoms with van der Waals surface area (Å²) in [5.41, 5.74) is 5.18. The van der Waals surface area contributed by atoms with Crippen LogP contribution in [0.25, 0.3) is 0 Å². The Morgan fingerprint density at radius 1 is 1.08 bits per heavy atom. The fourth-order valence-corrected chi connectivity index (χ4v) is 4.71. The molecular formula is C23H30N2O. The molecule has 2 aromatic rings. The van der Waals surface area contributed by atoms with Gasteiger partial charge in [-0.15, -0.1) is 0 Å². The molecule has 3 nitrogen and oxygen atoms in total. The third-order valence-electron chi connectivity index (χ3n) is 6.33. The molecule has 2 unspecified atom stereocenters. The van der Waals surface area contributed by atoms with E-state index in [-0.39, 0.29) is 6.10 Å². The maximum atomic E-state index is 10.6. The zero-order valence-electron chi connectivity index (χ0n) is 15.8. The Bertz CT molecular complexity index is 719. The topological polar surface area (TPSA) is 36.4 Å². The number of aliphatic hydroxyl groups excluding tert-OH is 1. The number of hydrogen-bond acceptors (Lipinski definition) is 3. The molecule has 1 aliphatic carbocycles. The molecule has 2 atom stereocenters. The molecular weight excluding hydrogens is 320 g/mol. The summed E-state index contributed by atoms with van der Waals surface area (Å²) in [4.78, 5) is 6.86. The van der Waals surface area contributed by atoms with Crippen LogP contribution in [-0.2, 0) is 6.42 Å². The standard InChI is InChI=1S/C23H30N2O/c1-17-2-5-19(6-3-17)20-9-12-25(13-10-20)16-18-4-7-21-15-24-11-8-22(21)23(26)14-18/h2-3,5-6,8,11,15,18,20,23,26H,4,7,9-10,12-14,16H2,1H3. The van der Waals surface area contributed by atoms with Crippen LogP contribution in [0.2, 0.25) is 0 Å². The van der Waals surface area contributed by atoms with Gasteiger partial charge in [-0.1, -0.05) is 29.8 Å². The van der Waals surface area contributed by atoms with E-state index in [2.05, 4.69) is 41.1 Å². The molecule has 1 fully saturated rings. The number of nitrogens with zero attached hydrogens (tertiary/aromatic N) is 2. The number of likely N-dealkylation sites (tertiary alicyclic amines) is 1. The first-order valence-corrected chi connectivity index (χ1v) is 10.1. The Balaban J connectivity index is 1.31. The molecule has 138 valence electrons. The van der Waals surface area contributed by atoms with Crippen LogP contribution in [0.5, 0.6) is 0 Å². The molecule has 0 radical (unpaired) electrons. The van der Waals surface area contributed by atoms with Gasteiger partial charge in [0.15, 0.2) is 0 Å². The molecule has 0 saturated carbocycles. The van der Waals surface area contributed by atoms with Crippen LogP contribution in [0.3, 0.4) is 0 Å². The van der Waals surface area contributed by atoms with Gasteiger partial charge in [-0.05, 0) is 86.7 Å². The van der Waals surface area contributed by atoms with Gasteiger partial charge in [0.25, 0.3) is 0 Å². The van der Waals surface area contributed by atoms with Crippen molar-refractivity contribution in [3.63, 3.8) is 0 Å². The largest absolute Gasteiger partial charge is 0.388 e. The van der Waals surface area contributed by atoms with E-state index < -0.39 is 0 Å². The van der Waals surface area contributed by atoms with E-state index in [9.17, 15) is 5.11 Å². The van der Waals surface area contributed by atoms with E-state index in [1.165, 1.54) is 42.6 Å². The monoisotopic (exact) mass is 350 g/mol. The molecule has 26 heavy (non-hydrogen) atoms. The highest BCUT2D eigenvalue weighted by Gasteiger charge is 2.27. The average Bonchev–Trinajstić information content (AvgIpc) is 2.82. The van der Waals surface area contributed by atoms with Crippen LogP contribution in [-0.4, -0.2) is 34.6 Å². The lowest BCUT2D eigenvalue weighted by Gasteiger charge is -2.34. The number of hydrogen-bond donors (Lipinski definition) is 1. The van der Waals surface area contributed by atoms with Crippen molar-refractivity contribution in [3.05, 3.63) is 65.0 Å². The second-order valence-electron chi connectivity index (χ2n) is 8.22. The van der Waals surface area contributed by atoms with Crippen LogP contribution in [0.1, 0.15) is 60.0 Å². The van der Waals surface area contributed by atoms with Crippen LogP contribution >= 0.6 is 0 Å². The average molecular weight is 351 g/mol. The molecule has 2 heterocycles. The molecule has 0 amide bonds. The number of aryl methyl sites for hydroxylation is 2. The number of fused-ring (bicyclic) bond motifs is 1. The molecule has 2 aliphatic rings. The van der Waals surface area contributed by atoms with Crippen molar-refractivity contribution >= 4 is 0 Å². The van der Waals surface area contributed by atoms with Gasteiger partial charge in [0.2, 0.25) is 0 Å². The summed E-state index contributed by atoms with van der Waals surface area (Å²) in [6.07, 6.45) is 9.01. The normalized spacial score (nSPS) is 24.8. The SMILES string of the molecule is Cc1ccc(C2CCN(CC3CCc4cnccc4C(O)C3)CC2)cc1. The maximum Gasteiger partial charge on any atom is 0.0796 e. The number of aromatic nitrogens is 1. The number of rotatable bonds is 3. The van der Waals surface area contributed by atoms with E-state index in [0.29, 0.717) is 11.8 Å². The van der Waals surface area contributed by atoms with Gasteiger partial charge in [-0.2, -0.15) is 0 Å². The van der Waals surface area contributed by atoms with Crippen molar-refractivity contribution in [2.24, 2.45) is 5.92 Å². The smallest absolute Gasteiger partial charge is 0.0796 e. The highest BCUT2D eigenvalue weighted by molar-refractivity contribution is 5.27. The summed E-state index contributed by atoms with van der Waals surface area (Å²) in [5, 5.41) is 10.6. The fourth-order valence-electron chi connectivity index (χ4n) is 4.71. The predicted octanol–water partition coefficient (Wildman–Crippen LogP) is 4.26. The van der Waals surface area contributed by atoms with Crippen molar-refractivity contribution in [2.75, 3.05) is 19.6 Å².